The SMILES string of the molecule is O=C(Nc1cc([N+](=O)[O-])ccc1O)c1cc(NC(=O)C2CCCCC2)cc(NC(=O)C2CCCCC2)c1. The number of phenols is 1. The highest BCUT2D eigenvalue weighted by molar-refractivity contribution is 6.07. The van der Waals surface area contributed by atoms with Crippen LogP contribution in [0.25, 0.3) is 0 Å². The first-order valence-electron chi connectivity index (χ1n) is 12.9. The monoisotopic (exact) mass is 508 g/mol. The van der Waals surface area contributed by atoms with Crippen LogP contribution in [-0.4, -0.2) is 27.8 Å². The Morgan fingerprint density at radius 2 is 1.27 bits per heavy atom. The quantitative estimate of drug-likeness (QED) is 0.217. The van der Waals surface area contributed by atoms with Gasteiger partial charge in [0.05, 0.1) is 10.6 Å². The van der Waals surface area contributed by atoms with Crippen LogP contribution in [0.4, 0.5) is 22.7 Å². The lowest BCUT2D eigenvalue weighted by molar-refractivity contribution is -0.384. The molecule has 0 aromatic heterocycles. The Kier molecular flexibility index (Phi) is 8.37. The number of phenolic OH excluding ortho intramolecular Hbond substituents is 1. The molecular weight excluding hydrogens is 476 g/mol. The molecule has 2 aliphatic carbocycles. The summed E-state index contributed by atoms with van der Waals surface area (Å²) < 4.78 is 0. The molecule has 0 aliphatic heterocycles. The van der Waals surface area contributed by atoms with Gasteiger partial charge in [-0.25, -0.2) is 0 Å². The molecule has 0 saturated heterocycles. The van der Waals surface area contributed by atoms with Crippen molar-refractivity contribution in [2.75, 3.05) is 16.0 Å². The summed E-state index contributed by atoms with van der Waals surface area (Å²) in [6, 6.07) is 7.92. The molecule has 2 aromatic carbocycles. The van der Waals surface area contributed by atoms with Crippen LogP contribution in [0.3, 0.4) is 0 Å². The summed E-state index contributed by atoms with van der Waals surface area (Å²) in [5.74, 6) is -1.44. The highest BCUT2D eigenvalue weighted by Crippen LogP contribution is 2.31. The summed E-state index contributed by atoms with van der Waals surface area (Å²) >= 11 is 0. The fourth-order valence-electron chi connectivity index (χ4n) is 5.05. The molecule has 10 heteroatoms. The van der Waals surface area contributed by atoms with E-state index in [1.165, 1.54) is 12.1 Å². The van der Waals surface area contributed by atoms with E-state index >= 15 is 0 Å². The summed E-state index contributed by atoms with van der Waals surface area (Å²) in [4.78, 5) is 49.3. The maximum absolute atomic E-state index is 13.1. The van der Waals surface area contributed by atoms with E-state index in [1.54, 1.807) is 6.07 Å². The van der Waals surface area contributed by atoms with E-state index in [4.69, 9.17) is 0 Å². The maximum atomic E-state index is 13.1. The Hall–Kier alpha value is -3.95. The number of anilines is 3. The third kappa shape index (κ3) is 6.84. The first kappa shape index (κ1) is 26.1. The number of nitrogens with one attached hydrogen (secondary N) is 3. The fraction of sp³-hybridized carbons (Fsp3) is 0.444. The van der Waals surface area contributed by atoms with Gasteiger partial charge in [0.1, 0.15) is 5.75 Å². The van der Waals surface area contributed by atoms with E-state index in [2.05, 4.69) is 16.0 Å². The Balaban J connectivity index is 1.58. The van der Waals surface area contributed by atoms with Crippen LogP contribution >= 0.6 is 0 Å². The Morgan fingerprint density at radius 1 is 0.757 bits per heavy atom. The van der Waals surface area contributed by atoms with E-state index in [0.29, 0.717) is 11.4 Å². The first-order valence-corrected chi connectivity index (χ1v) is 12.9. The van der Waals surface area contributed by atoms with Gasteiger partial charge in [0, 0.05) is 40.9 Å². The predicted octanol–water partition coefficient (Wildman–Crippen LogP) is 5.59. The van der Waals surface area contributed by atoms with Crippen molar-refractivity contribution in [1.82, 2.24) is 0 Å². The third-order valence-corrected chi connectivity index (χ3v) is 7.12. The molecule has 4 rings (SSSR count). The van der Waals surface area contributed by atoms with Crippen molar-refractivity contribution in [3.63, 3.8) is 0 Å². The van der Waals surface area contributed by atoms with Crippen LogP contribution in [0, 0.1) is 22.0 Å². The lowest BCUT2D eigenvalue weighted by atomic mass is 9.88. The number of benzene rings is 2. The van der Waals surface area contributed by atoms with Crippen molar-refractivity contribution in [1.29, 1.82) is 0 Å². The number of non-ortho nitro benzene ring substituents is 1. The van der Waals surface area contributed by atoms with Gasteiger partial charge in [0.25, 0.3) is 11.6 Å². The molecular formula is C27H32N4O6. The van der Waals surface area contributed by atoms with Crippen molar-refractivity contribution in [2.45, 2.75) is 64.2 Å². The van der Waals surface area contributed by atoms with E-state index in [-0.39, 0.29) is 46.3 Å². The van der Waals surface area contributed by atoms with E-state index in [9.17, 15) is 29.6 Å². The number of rotatable bonds is 7. The zero-order valence-electron chi connectivity index (χ0n) is 20.6. The number of carbonyl (C=O) groups excluding carboxylic acids is 3. The number of hydrogen-bond donors (Lipinski definition) is 4. The van der Waals surface area contributed by atoms with Gasteiger partial charge in [-0.3, -0.25) is 24.5 Å². The second-order valence-corrected chi connectivity index (χ2v) is 9.86. The summed E-state index contributed by atoms with van der Waals surface area (Å²) in [5, 5.41) is 29.5. The second-order valence-electron chi connectivity index (χ2n) is 9.86. The van der Waals surface area contributed by atoms with Gasteiger partial charge in [-0.2, -0.15) is 0 Å². The van der Waals surface area contributed by atoms with Gasteiger partial charge in [-0.1, -0.05) is 38.5 Å². The normalized spacial score (nSPS) is 16.5. The zero-order valence-corrected chi connectivity index (χ0v) is 20.6. The van der Waals surface area contributed by atoms with Crippen LogP contribution in [0.5, 0.6) is 5.75 Å². The molecule has 0 heterocycles. The largest absolute Gasteiger partial charge is 0.506 e. The second kappa shape index (κ2) is 11.9. The summed E-state index contributed by atoms with van der Waals surface area (Å²) in [5.41, 5.74) is 0.438. The number of aromatic hydroxyl groups is 1. The molecule has 0 unspecified atom stereocenters. The Labute approximate surface area is 215 Å². The Morgan fingerprint density at radius 3 is 1.76 bits per heavy atom. The number of nitro groups is 1. The van der Waals surface area contributed by atoms with Gasteiger partial charge in [0.2, 0.25) is 11.8 Å². The summed E-state index contributed by atoms with van der Waals surface area (Å²) in [7, 11) is 0. The number of nitro benzene ring substituents is 1. The molecule has 0 bridgehead atoms. The van der Waals surface area contributed by atoms with E-state index < -0.39 is 10.8 Å². The van der Waals surface area contributed by atoms with Crippen molar-refractivity contribution in [2.24, 2.45) is 11.8 Å². The molecule has 4 N–H and O–H groups in total. The number of nitrogens with zero attached hydrogens (tertiary/aromatic N) is 1. The highest BCUT2D eigenvalue weighted by Gasteiger charge is 2.24. The lowest BCUT2D eigenvalue weighted by Gasteiger charge is -2.22. The molecule has 3 amide bonds. The fourth-order valence-corrected chi connectivity index (χ4v) is 5.05. The molecule has 2 saturated carbocycles. The van der Waals surface area contributed by atoms with Gasteiger partial charge in [-0.15, -0.1) is 0 Å². The third-order valence-electron chi connectivity index (χ3n) is 7.12. The van der Waals surface area contributed by atoms with Gasteiger partial charge in [-0.05, 0) is 49.9 Å². The van der Waals surface area contributed by atoms with Crippen LogP contribution < -0.4 is 16.0 Å². The van der Waals surface area contributed by atoms with Crippen LogP contribution in [0.1, 0.15) is 74.6 Å². The minimum Gasteiger partial charge on any atom is -0.506 e. The molecule has 2 aromatic rings. The number of carbonyl (C=O) groups is 3. The molecule has 10 nitrogen and oxygen atoms in total. The zero-order chi connectivity index (χ0) is 26.4. The standard InChI is InChI=1S/C27H32N4O6/c32-24-12-11-22(31(36)37)16-23(24)30-27(35)19-13-20(28-25(33)17-7-3-1-4-8-17)15-21(14-19)29-26(34)18-9-5-2-6-10-18/h11-18,32H,1-10H2,(H,28,33)(H,29,34)(H,30,35). The van der Waals surface area contributed by atoms with Crippen molar-refractivity contribution >= 4 is 40.5 Å². The van der Waals surface area contributed by atoms with E-state index in [1.807, 2.05) is 0 Å². The molecule has 2 fully saturated rings. The molecule has 196 valence electrons. The first-order chi connectivity index (χ1) is 17.8. The molecule has 37 heavy (non-hydrogen) atoms. The van der Waals surface area contributed by atoms with Gasteiger partial charge in [0.15, 0.2) is 0 Å². The lowest BCUT2D eigenvalue weighted by Crippen LogP contribution is -2.26. The topological polar surface area (TPSA) is 151 Å². The minimum absolute atomic E-state index is 0.103. The van der Waals surface area contributed by atoms with Gasteiger partial charge >= 0.3 is 0 Å². The summed E-state index contributed by atoms with van der Waals surface area (Å²) in [6.45, 7) is 0. The minimum atomic E-state index is -0.655. The predicted molar refractivity (Wildman–Crippen MR) is 140 cm³/mol. The maximum Gasteiger partial charge on any atom is 0.271 e. The molecule has 2 aliphatic rings. The molecule has 0 spiro atoms. The molecule has 0 atom stereocenters. The number of amides is 3. The highest BCUT2D eigenvalue weighted by atomic mass is 16.6. The average molecular weight is 509 g/mol. The summed E-state index contributed by atoms with van der Waals surface area (Å²) in [6.07, 6.45) is 9.44. The average Bonchev–Trinajstić information content (AvgIpc) is 2.90. The van der Waals surface area contributed by atoms with E-state index in [0.717, 1.165) is 82.4 Å². The van der Waals surface area contributed by atoms with Gasteiger partial charge < -0.3 is 21.1 Å². The van der Waals surface area contributed by atoms with Crippen molar-refractivity contribution < 1.29 is 24.4 Å². The smallest absolute Gasteiger partial charge is 0.271 e. The number of hydrogen-bond acceptors (Lipinski definition) is 6. The van der Waals surface area contributed by atoms with Crippen LogP contribution in [0.2, 0.25) is 0 Å². The Bertz CT molecular complexity index is 1140. The van der Waals surface area contributed by atoms with Crippen molar-refractivity contribution in [3.05, 3.63) is 52.1 Å². The van der Waals surface area contributed by atoms with Crippen LogP contribution in [-0.2, 0) is 9.59 Å². The van der Waals surface area contributed by atoms with Crippen LogP contribution in [0.15, 0.2) is 36.4 Å². The molecule has 0 radical (unpaired) electrons. The van der Waals surface area contributed by atoms with Crippen molar-refractivity contribution in [3.8, 4) is 5.75 Å².